The highest BCUT2D eigenvalue weighted by atomic mass is 16.5. The molecule has 0 unspecified atom stereocenters. The summed E-state index contributed by atoms with van der Waals surface area (Å²) >= 11 is 0. The van der Waals surface area contributed by atoms with E-state index in [2.05, 4.69) is 0 Å². The van der Waals surface area contributed by atoms with Gasteiger partial charge in [-0.15, -0.1) is 0 Å². The predicted molar refractivity (Wildman–Crippen MR) is 45.7 cm³/mol. The van der Waals surface area contributed by atoms with Crippen LogP contribution >= 0.6 is 0 Å². The van der Waals surface area contributed by atoms with Crippen LogP contribution in [0.15, 0.2) is 12.1 Å². The molecule has 1 aromatic carbocycles. The van der Waals surface area contributed by atoms with Crippen LogP contribution in [-0.4, -0.2) is 16.8 Å². The van der Waals surface area contributed by atoms with E-state index in [1.807, 2.05) is 13.8 Å². The average molecular weight is 168 g/mol. The minimum absolute atomic E-state index is 0.140. The van der Waals surface area contributed by atoms with Crippen molar-refractivity contribution >= 4 is 0 Å². The molecule has 0 spiro atoms. The maximum atomic E-state index is 9.28. The zero-order valence-electron chi connectivity index (χ0n) is 7.16. The van der Waals surface area contributed by atoms with E-state index in [1.165, 1.54) is 6.07 Å². The number of ether oxygens (including phenoxy) is 1. The van der Waals surface area contributed by atoms with E-state index in [-0.39, 0.29) is 11.5 Å². The fraction of sp³-hybridized carbons (Fsp3) is 0.333. The van der Waals surface area contributed by atoms with Crippen molar-refractivity contribution in [3.63, 3.8) is 0 Å². The quantitative estimate of drug-likeness (QED) is 0.662. The second kappa shape index (κ2) is 3.34. The molecule has 3 heteroatoms. The van der Waals surface area contributed by atoms with Crippen molar-refractivity contribution in [3.05, 3.63) is 17.7 Å². The highest BCUT2D eigenvalue weighted by molar-refractivity contribution is 5.51. The molecule has 2 N–H and O–H groups in total. The lowest BCUT2D eigenvalue weighted by Gasteiger charge is -2.07. The summed E-state index contributed by atoms with van der Waals surface area (Å²) in [4.78, 5) is 0. The number of rotatable bonds is 2. The molecule has 1 rings (SSSR count). The van der Waals surface area contributed by atoms with Crippen molar-refractivity contribution in [1.29, 1.82) is 0 Å². The second-order valence-electron chi connectivity index (χ2n) is 2.56. The smallest absolute Gasteiger partial charge is 0.200 e. The summed E-state index contributed by atoms with van der Waals surface area (Å²) in [6.45, 7) is 4.11. The Balaban J connectivity index is 3.09. The van der Waals surface area contributed by atoms with E-state index in [0.717, 1.165) is 5.56 Å². The molecule has 3 nitrogen and oxygen atoms in total. The van der Waals surface area contributed by atoms with Gasteiger partial charge < -0.3 is 14.9 Å². The fourth-order valence-corrected chi connectivity index (χ4v) is 0.993. The van der Waals surface area contributed by atoms with Gasteiger partial charge in [-0.05, 0) is 31.5 Å². The molecule has 0 amide bonds. The van der Waals surface area contributed by atoms with Crippen molar-refractivity contribution in [2.24, 2.45) is 0 Å². The molecule has 0 radical (unpaired) electrons. The molecule has 0 saturated carbocycles. The van der Waals surface area contributed by atoms with Crippen molar-refractivity contribution in [1.82, 2.24) is 0 Å². The molecule has 0 atom stereocenters. The van der Waals surface area contributed by atoms with E-state index in [9.17, 15) is 10.2 Å². The van der Waals surface area contributed by atoms with Gasteiger partial charge in [0.05, 0.1) is 6.61 Å². The molecule has 0 aliphatic rings. The average Bonchev–Trinajstić information content (AvgIpc) is 2.00. The van der Waals surface area contributed by atoms with Crippen LogP contribution in [0, 0.1) is 6.92 Å². The number of hydrogen-bond donors (Lipinski definition) is 2. The van der Waals surface area contributed by atoms with Gasteiger partial charge in [0.2, 0.25) is 5.75 Å². The van der Waals surface area contributed by atoms with Crippen LogP contribution in [0.5, 0.6) is 17.2 Å². The number of benzene rings is 1. The Kier molecular flexibility index (Phi) is 2.43. The number of phenolic OH excluding ortho intramolecular Hbond substituents is 2. The Hall–Kier alpha value is -1.38. The Labute approximate surface area is 71.2 Å². The topological polar surface area (TPSA) is 49.7 Å². The minimum atomic E-state index is -0.192. The van der Waals surface area contributed by atoms with Crippen LogP contribution in [0.2, 0.25) is 0 Å². The van der Waals surface area contributed by atoms with Crippen molar-refractivity contribution < 1.29 is 14.9 Å². The maximum absolute atomic E-state index is 9.28. The summed E-state index contributed by atoms with van der Waals surface area (Å²) in [5, 5.41) is 18.5. The third kappa shape index (κ3) is 1.61. The molecule has 0 fully saturated rings. The van der Waals surface area contributed by atoms with Crippen LogP contribution in [0.25, 0.3) is 0 Å². The van der Waals surface area contributed by atoms with Gasteiger partial charge in [0.25, 0.3) is 0 Å². The van der Waals surface area contributed by atoms with Crippen LogP contribution < -0.4 is 4.74 Å². The van der Waals surface area contributed by atoms with E-state index in [4.69, 9.17) is 4.74 Å². The monoisotopic (exact) mass is 168 g/mol. The van der Waals surface area contributed by atoms with Crippen molar-refractivity contribution in [3.8, 4) is 17.2 Å². The third-order valence-electron chi connectivity index (χ3n) is 1.50. The Morgan fingerprint density at radius 2 is 2.00 bits per heavy atom. The van der Waals surface area contributed by atoms with Gasteiger partial charge in [0.1, 0.15) is 0 Å². The third-order valence-corrected chi connectivity index (χ3v) is 1.50. The standard InChI is InChI=1S/C9H12O3/c1-3-12-8-5-6(2)4-7(10)9(8)11/h4-5,10-11H,3H2,1-2H3. The van der Waals surface area contributed by atoms with Gasteiger partial charge in [-0.2, -0.15) is 0 Å². The molecular formula is C9H12O3. The van der Waals surface area contributed by atoms with E-state index >= 15 is 0 Å². The molecule has 66 valence electrons. The normalized spacial score (nSPS) is 9.83. The van der Waals surface area contributed by atoms with Crippen LogP contribution in [0.1, 0.15) is 12.5 Å². The lowest BCUT2D eigenvalue weighted by atomic mass is 10.2. The summed E-state index contributed by atoms with van der Waals surface area (Å²) in [6, 6.07) is 3.16. The Bertz CT molecular complexity index is 281. The SMILES string of the molecule is CCOc1cc(C)cc(O)c1O. The highest BCUT2D eigenvalue weighted by Crippen LogP contribution is 2.36. The molecule has 0 aromatic heterocycles. The van der Waals surface area contributed by atoms with Gasteiger partial charge in [-0.1, -0.05) is 0 Å². The number of phenols is 2. The second-order valence-corrected chi connectivity index (χ2v) is 2.56. The first kappa shape index (κ1) is 8.71. The number of aromatic hydroxyl groups is 2. The highest BCUT2D eigenvalue weighted by Gasteiger charge is 2.07. The summed E-state index contributed by atoms with van der Waals surface area (Å²) in [6.07, 6.45) is 0. The first-order valence-electron chi connectivity index (χ1n) is 3.80. The van der Waals surface area contributed by atoms with Crippen LogP contribution in [-0.2, 0) is 0 Å². The predicted octanol–water partition coefficient (Wildman–Crippen LogP) is 1.80. The first-order valence-corrected chi connectivity index (χ1v) is 3.80. The summed E-state index contributed by atoms with van der Waals surface area (Å²) in [5.41, 5.74) is 0.855. The van der Waals surface area contributed by atoms with Gasteiger partial charge in [0, 0.05) is 0 Å². The molecule has 0 heterocycles. The molecular weight excluding hydrogens is 156 g/mol. The molecule has 0 bridgehead atoms. The van der Waals surface area contributed by atoms with Gasteiger partial charge in [0.15, 0.2) is 11.5 Å². The zero-order valence-corrected chi connectivity index (χ0v) is 7.16. The maximum Gasteiger partial charge on any atom is 0.200 e. The zero-order chi connectivity index (χ0) is 9.14. The lowest BCUT2D eigenvalue weighted by molar-refractivity contribution is 0.308. The van der Waals surface area contributed by atoms with E-state index in [1.54, 1.807) is 6.07 Å². The Morgan fingerprint density at radius 1 is 1.33 bits per heavy atom. The van der Waals surface area contributed by atoms with Crippen molar-refractivity contribution in [2.45, 2.75) is 13.8 Å². The van der Waals surface area contributed by atoms with Gasteiger partial charge in [-0.3, -0.25) is 0 Å². The van der Waals surface area contributed by atoms with Crippen LogP contribution in [0.4, 0.5) is 0 Å². The number of aryl methyl sites for hydroxylation is 1. The van der Waals surface area contributed by atoms with Gasteiger partial charge in [-0.25, -0.2) is 0 Å². The number of hydrogen-bond acceptors (Lipinski definition) is 3. The van der Waals surface area contributed by atoms with E-state index < -0.39 is 0 Å². The fourth-order valence-electron chi connectivity index (χ4n) is 0.993. The first-order chi connectivity index (χ1) is 5.65. The summed E-state index contributed by atoms with van der Waals surface area (Å²) < 4.78 is 5.09. The van der Waals surface area contributed by atoms with Gasteiger partial charge >= 0.3 is 0 Å². The molecule has 12 heavy (non-hydrogen) atoms. The summed E-state index contributed by atoms with van der Waals surface area (Å²) in [5.74, 6) is -0.00380. The van der Waals surface area contributed by atoms with E-state index in [0.29, 0.717) is 12.4 Å². The molecule has 0 aliphatic heterocycles. The minimum Gasteiger partial charge on any atom is -0.504 e. The largest absolute Gasteiger partial charge is 0.504 e. The Morgan fingerprint density at radius 3 is 2.58 bits per heavy atom. The lowest BCUT2D eigenvalue weighted by Crippen LogP contribution is -1.92. The molecule has 0 aliphatic carbocycles. The molecule has 1 aromatic rings. The van der Waals surface area contributed by atoms with Crippen LogP contribution in [0.3, 0.4) is 0 Å². The molecule has 0 saturated heterocycles. The summed E-state index contributed by atoms with van der Waals surface area (Å²) in [7, 11) is 0. The van der Waals surface area contributed by atoms with Crippen molar-refractivity contribution in [2.75, 3.05) is 6.61 Å².